The summed E-state index contributed by atoms with van der Waals surface area (Å²) < 4.78 is 0. The fraction of sp³-hybridized carbons (Fsp3) is 0.375. The Morgan fingerprint density at radius 1 is 1.31 bits per heavy atom. The third kappa shape index (κ3) is 17.9. The van der Waals surface area contributed by atoms with E-state index >= 15 is 0 Å². The van der Waals surface area contributed by atoms with Crippen LogP contribution in [0.15, 0.2) is 12.7 Å². The molecule has 0 saturated heterocycles. The lowest BCUT2D eigenvalue weighted by atomic mass is 10.3. The number of urea groups is 1. The molecular formula is C8H14N2O3. The minimum Gasteiger partial charge on any atom is -0.352 e. The molecule has 0 aliphatic carbocycles. The van der Waals surface area contributed by atoms with Gasteiger partial charge >= 0.3 is 6.03 Å². The molecule has 0 aliphatic rings. The van der Waals surface area contributed by atoms with Gasteiger partial charge in [-0.15, -0.1) is 6.58 Å². The average Bonchev–Trinajstić information content (AvgIpc) is 2.01. The number of ketones is 2. The van der Waals surface area contributed by atoms with Crippen LogP contribution in [0.4, 0.5) is 4.79 Å². The van der Waals surface area contributed by atoms with Crippen molar-refractivity contribution in [3.8, 4) is 0 Å². The maximum absolute atomic E-state index is 9.82. The maximum atomic E-state index is 9.82. The lowest BCUT2D eigenvalue weighted by Crippen LogP contribution is -2.28. The first kappa shape index (κ1) is 13.9. The van der Waals surface area contributed by atoms with Crippen molar-refractivity contribution in [3.63, 3.8) is 0 Å². The highest BCUT2D eigenvalue weighted by atomic mass is 16.2. The fourth-order valence-electron chi connectivity index (χ4n) is 0.173. The van der Waals surface area contributed by atoms with E-state index in [2.05, 4.69) is 17.6 Å². The van der Waals surface area contributed by atoms with Gasteiger partial charge in [0.1, 0.15) is 0 Å². The molecule has 0 spiro atoms. The lowest BCUT2D eigenvalue weighted by Gasteiger charge is -1.90. The van der Waals surface area contributed by atoms with Crippen molar-refractivity contribution in [2.45, 2.75) is 13.8 Å². The van der Waals surface area contributed by atoms with Crippen molar-refractivity contribution in [2.24, 2.45) is 5.73 Å². The number of carbonyl (C=O) groups excluding carboxylic acids is 3. The minimum atomic E-state index is -0.514. The molecule has 3 N–H and O–H groups in total. The predicted octanol–water partition coefficient (Wildman–Crippen LogP) is 0.00510. The molecular weight excluding hydrogens is 172 g/mol. The summed E-state index contributed by atoms with van der Waals surface area (Å²) in [6, 6.07) is -0.514. The number of primary amides is 1. The van der Waals surface area contributed by atoms with Gasteiger partial charge < -0.3 is 11.1 Å². The monoisotopic (exact) mass is 186 g/mol. The molecule has 0 aromatic carbocycles. The van der Waals surface area contributed by atoms with E-state index in [1.54, 1.807) is 6.08 Å². The van der Waals surface area contributed by atoms with Crippen LogP contribution in [0.25, 0.3) is 0 Å². The number of carbonyl (C=O) groups is 3. The SMILES string of the molecule is C=CCNC(N)=O.CC(=O)C(C)=O. The Bertz CT molecular complexity index is 199. The number of rotatable bonds is 3. The number of nitrogens with two attached hydrogens (primary N) is 1. The zero-order chi connectivity index (χ0) is 10.9. The van der Waals surface area contributed by atoms with Crippen LogP contribution in [-0.2, 0) is 9.59 Å². The normalized spacial score (nSPS) is 7.54. The zero-order valence-corrected chi connectivity index (χ0v) is 7.79. The number of nitrogens with one attached hydrogen (secondary N) is 1. The number of amides is 2. The summed E-state index contributed by atoms with van der Waals surface area (Å²) in [7, 11) is 0. The molecule has 0 radical (unpaired) electrons. The highest BCUT2D eigenvalue weighted by Gasteiger charge is 1.94. The van der Waals surface area contributed by atoms with Gasteiger partial charge in [-0.3, -0.25) is 9.59 Å². The molecule has 2 amide bonds. The lowest BCUT2D eigenvalue weighted by molar-refractivity contribution is -0.134. The van der Waals surface area contributed by atoms with Gasteiger partial charge in [0.05, 0.1) is 0 Å². The first-order valence-electron chi connectivity index (χ1n) is 3.57. The van der Waals surface area contributed by atoms with Crippen LogP contribution in [0.5, 0.6) is 0 Å². The second kappa shape index (κ2) is 8.45. The summed E-state index contributed by atoms with van der Waals surface area (Å²) in [6.07, 6.45) is 1.56. The van der Waals surface area contributed by atoms with Gasteiger partial charge in [0.25, 0.3) is 0 Å². The van der Waals surface area contributed by atoms with Crippen LogP contribution in [0.3, 0.4) is 0 Å². The molecule has 0 saturated carbocycles. The Kier molecular flexibility index (Phi) is 9.04. The third-order valence-corrected chi connectivity index (χ3v) is 0.916. The number of hydrogen-bond acceptors (Lipinski definition) is 3. The molecule has 0 bridgehead atoms. The highest BCUT2D eigenvalue weighted by molar-refractivity contribution is 6.35. The second-order valence-electron chi connectivity index (χ2n) is 2.15. The van der Waals surface area contributed by atoms with E-state index < -0.39 is 6.03 Å². The van der Waals surface area contributed by atoms with Crippen LogP contribution in [0.2, 0.25) is 0 Å². The molecule has 0 heterocycles. The van der Waals surface area contributed by atoms with Crippen LogP contribution < -0.4 is 11.1 Å². The Labute approximate surface area is 77.0 Å². The third-order valence-electron chi connectivity index (χ3n) is 0.916. The molecule has 5 nitrogen and oxygen atoms in total. The molecule has 5 heteroatoms. The van der Waals surface area contributed by atoms with Crippen molar-refractivity contribution in [3.05, 3.63) is 12.7 Å². The molecule has 0 aliphatic heterocycles. The van der Waals surface area contributed by atoms with Gasteiger partial charge in [-0.25, -0.2) is 4.79 Å². The highest BCUT2D eigenvalue weighted by Crippen LogP contribution is 1.66. The van der Waals surface area contributed by atoms with E-state index in [0.29, 0.717) is 6.54 Å². The first-order chi connectivity index (χ1) is 5.91. The largest absolute Gasteiger partial charge is 0.352 e. The Morgan fingerprint density at radius 3 is 1.77 bits per heavy atom. The average molecular weight is 186 g/mol. The first-order valence-corrected chi connectivity index (χ1v) is 3.57. The fourth-order valence-corrected chi connectivity index (χ4v) is 0.173. The van der Waals surface area contributed by atoms with Crippen molar-refractivity contribution in [1.29, 1.82) is 0 Å². The number of hydrogen-bond donors (Lipinski definition) is 2. The molecule has 0 rings (SSSR count). The summed E-state index contributed by atoms with van der Waals surface area (Å²) in [5.74, 6) is -0.759. The Hall–Kier alpha value is -1.65. The minimum absolute atomic E-state index is 0.380. The molecule has 0 unspecified atom stereocenters. The van der Waals surface area contributed by atoms with E-state index in [1.807, 2.05) is 0 Å². The molecule has 0 atom stereocenters. The summed E-state index contributed by atoms with van der Waals surface area (Å²) in [5.41, 5.74) is 4.68. The van der Waals surface area contributed by atoms with Crippen LogP contribution >= 0.6 is 0 Å². The van der Waals surface area contributed by atoms with Gasteiger partial charge in [-0.1, -0.05) is 6.08 Å². The van der Waals surface area contributed by atoms with Gasteiger partial charge in [0.2, 0.25) is 0 Å². The second-order valence-corrected chi connectivity index (χ2v) is 2.15. The van der Waals surface area contributed by atoms with Crippen LogP contribution in [0.1, 0.15) is 13.8 Å². The summed E-state index contributed by atoms with van der Waals surface area (Å²) in [5, 5.41) is 2.32. The van der Waals surface area contributed by atoms with E-state index in [1.165, 1.54) is 13.8 Å². The van der Waals surface area contributed by atoms with Crippen molar-refractivity contribution >= 4 is 17.6 Å². The summed E-state index contributed by atoms with van der Waals surface area (Å²) >= 11 is 0. The quantitative estimate of drug-likeness (QED) is 0.480. The van der Waals surface area contributed by atoms with Crippen molar-refractivity contribution in [1.82, 2.24) is 5.32 Å². The van der Waals surface area contributed by atoms with E-state index in [9.17, 15) is 14.4 Å². The standard InChI is InChI=1S/C4H8N2O.C4H6O2/c1-2-3-6-4(5)7;1-3(5)4(2)6/h2H,1,3H2,(H3,5,6,7);1-2H3. The van der Waals surface area contributed by atoms with Crippen molar-refractivity contribution in [2.75, 3.05) is 6.54 Å². The van der Waals surface area contributed by atoms with Gasteiger partial charge in [0.15, 0.2) is 11.6 Å². The smallest absolute Gasteiger partial charge is 0.312 e. The van der Waals surface area contributed by atoms with E-state index in [0.717, 1.165) is 0 Å². The van der Waals surface area contributed by atoms with Gasteiger partial charge in [-0.2, -0.15) is 0 Å². The van der Waals surface area contributed by atoms with E-state index in [-0.39, 0.29) is 11.6 Å². The summed E-state index contributed by atoms with van der Waals surface area (Å²) in [6.45, 7) is 6.31. The van der Waals surface area contributed by atoms with Crippen LogP contribution in [-0.4, -0.2) is 24.1 Å². The van der Waals surface area contributed by atoms with E-state index in [4.69, 9.17) is 0 Å². The van der Waals surface area contributed by atoms with Gasteiger partial charge in [0, 0.05) is 20.4 Å². The topological polar surface area (TPSA) is 89.3 Å². The maximum Gasteiger partial charge on any atom is 0.312 e. The molecule has 74 valence electrons. The Balaban J connectivity index is 0. The summed E-state index contributed by atoms with van der Waals surface area (Å²) in [4.78, 5) is 29.4. The van der Waals surface area contributed by atoms with Gasteiger partial charge in [-0.05, 0) is 0 Å². The molecule has 0 aromatic heterocycles. The molecule has 0 fully saturated rings. The number of Topliss-reactive ketones (excluding diaryl/α,β-unsaturated/α-hetero) is 2. The molecule has 13 heavy (non-hydrogen) atoms. The van der Waals surface area contributed by atoms with Crippen LogP contribution in [0, 0.1) is 0 Å². The Morgan fingerprint density at radius 2 is 1.69 bits per heavy atom. The zero-order valence-electron chi connectivity index (χ0n) is 7.79. The predicted molar refractivity (Wildman–Crippen MR) is 49.1 cm³/mol. The molecule has 0 aromatic rings. The van der Waals surface area contributed by atoms with Crippen molar-refractivity contribution < 1.29 is 14.4 Å².